The van der Waals surface area contributed by atoms with E-state index >= 15 is 0 Å². The number of ether oxygens (including phenoxy) is 1. The zero-order valence-electron chi connectivity index (χ0n) is 23.2. The van der Waals surface area contributed by atoms with Gasteiger partial charge in [0.05, 0.1) is 12.2 Å². The van der Waals surface area contributed by atoms with Crippen LogP contribution in [0.4, 0.5) is 0 Å². The summed E-state index contributed by atoms with van der Waals surface area (Å²) in [5.41, 5.74) is 1.35. The molecule has 9 nitrogen and oxygen atoms in total. The van der Waals surface area contributed by atoms with Crippen molar-refractivity contribution in [3.05, 3.63) is 57.7 Å². The number of aliphatic hydroxyl groups is 2. The third kappa shape index (κ3) is 13.2. The van der Waals surface area contributed by atoms with Gasteiger partial charge in [-0.25, -0.2) is 0 Å². The molecule has 0 radical (unpaired) electrons. The number of carbonyl (C=O) groups excluding carboxylic acids is 2. The van der Waals surface area contributed by atoms with Crippen LogP contribution >= 0.6 is 0 Å². The molecule has 2 rings (SSSR count). The van der Waals surface area contributed by atoms with E-state index in [4.69, 9.17) is 4.74 Å². The van der Waals surface area contributed by atoms with Gasteiger partial charge in [0.2, 0.25) is 0 Å². The molecular weight excluding hydrogens is 502 g/mol. The van der Waals surface area contributed by atoms with Gasteiger partial charge >= 0.3 is 5.97 Å². The van der Waals surface area contributed by atoms with Crippen LogP contribution in [0.5, 0.6) is 0 Å². The fraction of sp³-hybridized carbons (Fsp3) is 0.667. The fourth-order valence-corrected chi connectivity index (χ4v) is 5.19. The van der Waals surface area contributed by atoms with Crippen LogP contribution in [-0.4, -0.2) is 39.3 Å². The predicted octanol–water partition coefficient (Wildman–Crippen LogP) is 5.62. The van der Waals surface area contributed by atoms with E-state index in [1.165, 1.54) is 19.3 Å². The predicted molar refractivity (Wildman–Crippen MR) is 147 cm³/mol. The molecule has 1 aliphatic rings. The van der Waals surface area contributed by atoms with Gasteiger partial charge in [0.25, 0.3) is 5.09 Å². The minimum atomic E-state index is -0.848. The van der Waals surface area contributed by atoms with Crippen LogP contribution in [0.25, 0.3) is 0 Å². The minimum absolute atomic E-state index is 0.0647. The first kappa shape index (κ1) is 32.4. The summed E-state index contributed by atoms with van der Waals surface area (Å²) in [5.74, 6) is -0.212. The molecule has 0 aliphatic heterocycles. The van der Waals surface area contributed by atoms with Crippen LogP contribution in [0.2, 0.25) is 0 Å². The summed E-state index contributed by atoms with van der Waals surface area (Å²) in [7, 11) is 0. The highest BCUT2D eigenvalue weighted by Crippen LogP contribution is 2.38. The lowest BCUT2D eigenvalue weighted by atomic mass is 9.86. The largest absolute Gasteiger partial charge is 0.461 e. The summed E-state index contributed by atoms with van der Waals surface area (Å²) in [6.07, 6.45) is 12.7. The van der Waals surface area contributed by atoms with Crippen LogP contribution in [-0.2, 0) is 32.4 Å². The molecule has 4 atom stereocenters. The summed E-state index contributed by atoms with van der Waals surface area (Å²) in [6, 6.07) is 6.90. The van der Waals surface area contributed by atoms with Gasteiger partial charge in [0.1, 0.15) is 19.0 Å². The zero-order chi connectivity index (χ0) is 28.5. The number of aliphatic hydroxyl groups excluding tert-OH is 2. The van der Waals surface area contributed by atoms with Gasteiger partial charge in [-0.05, 0) is 61.5 Å². The maximum absolute atomic E-state index is 12.3. The summed E-state index contributed by atoms with van der Waals surface area (Å²) in [4.78, 5) is 39.0. The molecule has 1 aliphatic carbocycles. The van der Waals surface area contributed by atoms with Gasteiger partial charge in [-0.1, -0.05) is 69.0 Å². The van der Waals surface area contributed by atoms with Gasteiger partial charge in [-0.15, -0.1) is 10.1 Å². The molecule has 1 aromatic carbocycles. The first-order valence-electron chi connectivity index (χ1n) is 14.3. The molecule has 1 aromatic rings. The van der Waals surface area contributed by atoms with Gasteiger partial charge in [-0.2, -0.15) is 0 Å². The van der Waals surface area contributed by atoms with E-state index in [-0.39, 0.29) is 43.2 Å². The van der Waals surface area contributed by atoms with Gasteiger partial charge < -0.3 is 19.8 Å². The maximum Gasteiger partial charge on any atom is 0.306 e. The maximum atomic E-state index is 12.3. The monoisotopic (exact) mass is 547 g/mol. The van der Waals surface area contributed by atoms with Crippen molar-refractivity contribution in [3.8, 4) is 0 Å². The zero-order valence-corrected chi connectivity index (χ0v) is 23.2. The van der Waals surface area contributed by atoms with Crippen molar-refractivity contribution >= 4 is 11.8 Å². The third-order valence-electron chi connectivity index (χ3n) is 7.39. The lowest BCUT2D eigenvalue weighted by molar-refractivity contribution is -0.763. The Morgan fingerprint density at radius 2 is 1.69 bits per heavy atom. The van der Waals surface area contributed by atoms with E-state index in [9.17, 15) is 29.9 Å². The molecule has 9 heteroatoms. The van der Waals surface area contributed by atoms with Crippen LogP contribution in [0.15, 0.2) is 36.4 Å². The second-order valence-corrected chi connectivity index (χ2v) is 10.5. The van der Waals surface area contributed by atoms with Crippen molar-refractivity contribution in [2.75, 3.05) is 0 Å². The highest BCUT2D eigenvalue weighted by atomic mass is 16.9. The molecule has 0 unspecified atom stereocenters. The number of hydrogen-bond donors (Lipinski definition) is 2. The topological polar surface area (TPSA) is 136 Å². The van der Waals surface area contributed by atoms with Gasteiger partial charge in [-0.3, -0.25) is 9.59 Å². The number of nitrogens with zero attached hydrogens (tertiary/aromatic N) is 1. The van der Waals surface area contributed by atoms with Gasteiger partial charge in [0.15, 0.2) is 0 Å². The molecule has 1 fully saturated rings. The van der Waals surface area contributed by atoms with Crippen LogP contribution in [0.3, 0.4) is 0 Å². The van der Waals surface area contributed by atoms with Crippen molar-refractivity contribution in [1.82, 2.24) is 0 Å². The summed E-state index contributed by atoms with van der Waals surface area (Å²) in [6.45, 7) is 2.10. The Morgan fingerprint density at radius 1 is 0.974 bits per heavy atom. The molecule has 0 saturated heterocycles. The Kier molecular flexibility index (Phi) is 15.4. The Balaban J connectivity index is 1.64. The first-order valence-corrected chi connectivity index (χ1v) is 14.3. The number of benzene rings is 1. The molecule has 0 heterocycles. The Bertz CT molecular complexity index is 918. The van der Waals surface area contributed by atoms with Crippen LogP contribution in [0.1, 0.15) is 102 Å². The average Bonchev–Trinajstić information content (AvgIpc) is 3.18. The van der Waals surface area contributed by atoms with E-state index in [0.29, 0.717) is 50.5 Å². The number of unbranched alkanes of at least 4 members (excludes halogenated alkanes) is 5. The van der Waals surface area contributed by atoms with Crippen molar-refractivity contribution in [2.24, 2.45) is 11.8 Å². The number of allylic oxidation sites excluding steroid dienone is 2. The van der Waals surface area contributed by atoms with Gasteiger partial charge in [0, 0.05) is 19.3 Å². The van der Waals surface area contributed by atoms with E-state index < -0.39 is 17.3 Å². The van der Waals surface area contributed by atoms with E-state index in [1.54, 1.807) is 24.3 Å². The molecule has 0 aromatic heterocycles. The summed E-state index contributed by atoms with van der Waals surface area (Å²) >= 11 is 0. The number of carbonyl (C=O) groups is 2. The molecular formula is C30H45NO8. The lowest BCUT2D eigenvalue weighted by Crippen LogP contribution is -2.22. The number of hydrogen-bond acceptors (Lipinski definition) is 8. The third-order valence-corrected chi connectivity index (χ3v) is 7.39. The van der Waals surface area contributed by atoms with E-state index in [1.807, 2.05) is 12.2 Å². The second-order valence-electron chi connectivity index (χ2n) is 10.5. The average molecular weight is 548 g/mol. The molecule has 1 saturated carbocycles. The quantitative estimate of drug-likeness (QED) is 0.0705. The smallest absolute Gasteiger partial charge is 0.306 e. The van der Waals surface area contributed by atoms with E-state index in [2.05, 4.69) is 11.8 Å². The van der Waals surface area contributed by atoms with E-state index in [0.717, 1.165) is 18.4 Å². The number of rotatable bonds is 20. The minimum Gasteiger partial charge on any atom is -0.461 e. The fourth-order valence-electron chi connectivity index (χ4n) is 5.19. The number of ketones is 1. The standard InChI is InChI=1S/C30H45NO8/c1-2-3-4-5-8-14-25(32)17-18-27-26(28(33)20-29(27)34)15-9-6-7-10-16-30(35)38-21-23-12-11-13-24(19-23)22-39-31(36)37/h6,9,11-13,19,26-29,33-34H,2-5,7-8,10,14-18,20-22H2,1H3/b9-6-/t26-,27-,28+,29-/m1/s1. The van der Waals surface area contributed by atoms with Crippen molar-refractivity contribution in [1.29, 1.82) is 0 Å². The summed E-state index contributed by atoms with van der Waals surface area (Å²) < 4.78 is 5.30. The normalized spacial score (nSPS) is 20.8. The van der Waals surface area contributed by atoms with Crippen molar-refractivity contribution < 1.29 is 34.5 Å². The Morgan fingerprint density at radius 3 is 2.44 bits per heavy atom. The van der Waals surface area contributed by atoms with Crippen LogP contribution < -0.4 is 0 Å². The van der Waals surface area contributed by atoms with Crippen molar-refractivity contribution in [3.63, 3.8) is 0 Å². The highest BCUT2D eigenvalue weighted by molar-refractivity contribution is 5.78. The highest BCUT2D eigenvalue weighted by Gasteiger charge is 2.40. The van der Waals surface area contributed by atoms with Crippen molar-refractivity contribution in [2.45, 2.75) is 116 Å². The summed E-state index contributed by atoms with van der Waals surface area (Å²) in [5, 5.41) is 30.4. The SMILES string of the molecule is CCCCCCCC(=O)CC[C@@H]1[C@@H](C/C=C\CCCC(=O)OCc2cccc(CO[N+](=O)[O-])c2)[C@@H](O)C[C@H]1O. The number of esters is 1. The lowest BCUT2D eigenvalue weighted by Gasteiger charge is -2.22. The molecule has 0 amide bonds. The molecule has 0 spiro atoms. The molecule has 2 N–H and O–H groups in total. The molecule has 218 valence electrons. The molecule has 39 heavy (non-hydrogen) atoms. The Hall–Kier alpha value is -2.78. The second kappa shape index (κ2) is 18.5. The van der Waals surface area contributed by atoms with Crippen LogP contribution in [0, 0.1) is 22.0 Å². The number of Topliss-reactive ketones (excluding diaryl/α,β-unsaturated/α-hetero) is 1. The molecule has 0 bridgehead atoms. The Labute approximate surface area is 231 Å². The first-order chi connectivity index (χ1) is 18.8.